The fourth-order valence-corrected chi connectivity index (χ4v) is 3.65. The van der Waals surface area contributed by atoms with Gasteiger partial charge in [0.05, 0.1) is 11.7 Å². The average molecular weight is 309 g/mol. The number of aliphatic hydroxyl groups is 2. The molecular formula is C20H36O2. The Morgan fingerprint density at radius 3 is 1.86 bits per heavy atom. The van der Waals surface area contributed by atoms with Crippen LogP contribution in [0, 0.1) is 11.3 Å². The molecule has 2 N–H and O–H groups in total. The van der Waals surface area contributed by atoms with Crippen molar-refractivity contribution in [2.24, 2.45) is 11.3 Å². The van der Waals surface area contributed by atoms with Crippen molar-refractivity contribution < 1.29 is 10.2 Å². The van der Waals surface area contributed by atoms with Gasteiger partial charge < -0.3 is 10.2 Å². The van der Waals surface area contributed by atoms with Crippen LogP contribution in [0.25, 0.3) is 0 Å². The van der Waals surface area contributed by atoms with E-state index >= 15 is 0 Å². The molecule has 0 heterocycles. The molecule has 22 heavy (non-hydrogen) atoms. The van der Waals surface area contributed by atoms with Gasteiger partial charge in [0.25, 0.3) is 0 Å². The van der Waals surface area contributed by atoms with E-state index in [1.807, 2.05) is 13.8 Å². The maximum Gasteiger partial charge on any atom is 0.0619 e. The SMILES string of the molecule is C=C(C)C1CCC(C)(C(=C)C)CC1O.CC1(O)CCCCC1. The molecular weight excluding hydrogens is 272 g/mol. The third-order valence-corrected chi connectivity index (χ3v) is 5.73. The molecule has 2 nitrogen and oxygen atoms in total. The van der Waals surface area contributed by atoms with Gasteiger partial charge in [-0.1, -0.05) is 50.5 Å². The van der Waals surface area contributed by atoms with Crippen LogP contribution in [-0.2, 0) is 0 Å². The molecule has 2 saturated carbocycles. The molecule has 0 aliphatic heterocycles. The van der Waals surface area contributed by atoms with Crippen molar-refractivity contribution in [1.29, 1.82) is 0 Å². The summed E-state index contributed by atoms with van der Waals surface area (Å²) in [5.41, 5.74) is 2.11. The van der Waals surface area contributed by atoms with Crippen LogP contribution in [0.4, 0.5) is 0 Å². The van der Waals surface area contributed by atoms with Crippen molar-refractivity contribution >= 4 is 0 Å². The zero-order chi connectivity index (χ0) is 17.0. The molecule has 2 rings (SSSR count). The molecule has 2 aliphatic rings. The minimum atomic E-state index is -0.321. The van der Waals surface area contributed by atoms with Gasteiger partial charge in [-0.3, -0.25) is 0 Å². The molecule has 3 unspecified atom stereocenters. The molecule has 0 aromatic heterocycles. The molecule has 128 valence electrons. The second kappa shape index (κ2) is 7.79. The highest BCUT2D eigenvalue weighted by atomic mass is 16.3. The molecule has 2 fully saturated rings. The third kappa shape index (κ3) is 5.55. The highest BCUT2D eigenvalue weighted by Crippen LogP contribution is 2.44. The van der Waals surface area contributed by atoms with Gasteiger partial charge in [-0.25, -0.2) is 0 Å². The standard InChI is InChI=1S/C13H22O.C7H14O/c1-9(2)11-6-7-13(5,10(3)4)8-12(11)14;1-7(8)5-3-2-4-6-7/h11-12,14H,1,3,6-8H2,2,4-5H3;8H,2-6H2,1H3. The van der Waals surface area contributed by atoms with E-state index in [0.717, 1.165) is 37.7 Å². The maximum atomic E-state index is 10.0. The number of hydrogen-bond acceptors (Lipinski definition) is 2. The highest BCUT2D eigenvalue weighted by Gasteiger charge is 2.37. The molecule has 0 radical (unpaired) electrons. The summed E-state index contributed by atoms with van der Waals surface area (Å²) in [6.07, 6.45) is 8.52. The Morgan fingerprint density at radius 1 is 1.00 bits per heavy atom. The molecule has 0 spiro atoms. The normalized spacial score (nSPS) is 34.3. The fourth-order valence-electron chi connectivity index (χ4n) is 3.65. The molecule has 0 amide bonds. The van der Waals surface area contributed by atoms with Crippen LogP contribution in [0.5, 0.6) is 0 Å². The van der Waals surface area contributed by atoms with E-state index in [9.17, 15) is 10.2 Å². The predicted molar refractivity (Wildman–Crippen MR) is 94.8 cm³/mol. The quantitative estimate of drug-likeness (QED) is 0.704. The zero-order valence-electron chi connectivity index (χ0n) is 15.1. The van der Waals surface area contributed by atoms with Gasteiger partial charge >= 0.3 is 0 Å². The van der Waals surface area contributed by atoms with Crippen molar-refractivity contribution in [3.63, 3.8) is 0 Å². The lowest BCUT2D eigenvalue weighted by Gasteiger charge is -2.41. The van der Waals surface area contributed by atoms with Crippen molar-refractivity contribution in [1.82, 2.24) is 0 Å². The molecule has 0 aromatic rings. The fraction of sp³-hybridized carbons (Fsp3) is 0.800. The van der Waals surface area contributed by atoms with E-state index in [1.165, 1.54) is 24.8 Å². The zero-order valence-corrected chi connectivity index (χ0v) is 15.1. The Hall–Kier alpha value is -0.600. The largest absolute Gasteiger partial charge is 0.392 e. The maximum absolute atomic E-state index is 10.0. The average Bonchev–Trinajstić information content (AvgIpc) is 2.38. The first-order valence-corrected chi connectivity index (χ1v) is 8.79. The van der Waals surface area contributed by atoms with Crippen molar-refractivity contribution in [2.45, 2.75) is 90.8 Å². The Labute approximate surface area is 137 Å². The Kier molecular flexibility index (Phi) is 6.88. The van der Waals surface area contributed by atoms with Crippen LogP contribution < -0.4 is 0 Å². The summed E-state index contributed by atoms with van der Waals surface area (Å²) in [5.74, 6) is 0.294. The summed E-state index contributed by atoms with van der Waals surface area (Å²) in [7, 11) is 0. The molecule has 3 atom stereocenters. The van der Waals surface area contributed by atoms with Gasteiger partial charge in [0.1, 0.15) is 0 Å². The lowest BCUT2D eigenvalue weighted by atomic mass is 9.66. The van der Waals surface area contributed by atoms with Crippen LogP contribution in [0.3, 0.4) is 0 Å². The van der Waals surface area contributed by atoms with E-state index in [2.05, 4.69) is 27.0 Å². The second-order valence-electron chi connectivity index (χ2n) is 8.16. The third-order valence-electron chi connectivity index (χ3n) is 5.73. The summed E-state index contributed by atoms with van der Waals surface area (Å²) in [6.45, 7) is 16.2. The van der Waals surface area contributed by atoms with E-state index < -0.39 is 0 Å². The first-order valence-electron chi connectivity index (χ1n) is 8.79. The molecule has 0 bridgehead atoms. The summed E-state index contributed by atoms with van der Waals surface area (Å²) in [5, 5.41) is 19.4. The number of hydrogen-bond donors (Lipinski definition) is 2. The van der Waals surface area contributed by atoms with Crippen LogP contribution >= 0.6 is 0 Å². The smallest absolute Gasteiger partial charge is 0.0619 e. The van der Waals surface area contributed by atoms with Gasteiger partial charge in [0, 0.05) is 5.92 Å². The molecule has 0 aromatic carbocycles. The summed E-state index contributed by atoms with van der Waals surface area (Å²) < 4.78 is 0. The van der Waals surface area contributed by atoms with E-state index in [4.69, 9.17) is 0 Å². The van der Waals surface area contributed by atoms with E-state index in [-0.39, 0.29) is 17.1 Å². The van der Waals surface area contributed by atoms with Crippen molar-refractivity contribution in [2.75, 3.05) is 0 Å². The molecule has 0 saturated heterocycles. The van der Waals surface area contributed by atoms with Crippen LogP contribution in [0.1, 0.15) is 79.1 Å². The van der Waals surface area contributed by atoms with Gasteiger partial charge in [0.2, 0.25) is 0 Å². The summed E-state index contributed by atoms with van der Waals surface area (Å²) >= 11 is 0. The van der Waals surface area contributed by atoms with Gasteiger partial charge in [-0.15, -0.1) is 0 Å². The predicted octanol–water partition coefficient (Wildman–Crippen LogP) is 5.01. The highest BCUT2D eigenvalue weighted by molar-refractivity contribution is 5.12. The van der Waals surface area contributed by atoms with Crippen LogP contribution in [0.2, 0.25) is 0 Å². The lowest BCUT2D eigenvalue weighted by Crippen LogP contribution is -2.36. The van der Waals surface area contributed by atoms with Gasteiger partial charge in [-0.2, -0.15) is 0 Å². The summed E-state index contributed by atoms with van der Waals surface area (Å²) in [6, 6.07) is 0. The molecule has 2 aliphatic carbocycles. The van der Waals surface area contributed by atoms with Crippen LogP contribution in [0.15, 0.2) is 24.3 Å². The summed E-state index contributed by atoms with van der Waals surface area (Å²) in [4.78, 5) is 0. The first kappa shape index (κ1) is 19.4. The lowest BCUT2D eigenvalue weighted by molar-refractivity contribution is 0.0225. The Balaban J connectivity index is 0.000000255. The number of aliphatic hydroxyl groups excluding tert-OH is 1. The van der Waals surface area contributed by atoms with Crippen LogP contribution in [-0.4, -0.2) is 21.9 Å². The van der Waals surface area contributed by atoms with E-state index in [0.29, 0.717) is 5.92 Å². The first-order chi connectivity index (χ1) is 10.1. The van der Waals surface area contributed by atoms with Gasteiger partial charge in [-0.05, 0) is 58.3 Å². The van der Waals surface area contributed by atoms with Crippen molar-refractivity contribution in [3.05, 3.63) is 24.3 Å². The minimum absolute atomic E-state index is 0.130. The minimum Gasteiger partial charge on any atom is -0.392 e. The Bertz CT molecular complexity index is 389. The van der Waals surface area contributed by atoms with Gasteiger partial charge in [0.15, 0.2) is 0 Å². The number of rotatable bonds is 2. The topological polar surface area (TPSA) is 40.5 Å². The Morgan fingerprint density at radius 2 is 1.55 bits per heavy atom. The van der Waals surface area contributed by atoms with Crippen molar-refractivity contribution in [3.8, 4) is 0 Å². The number of allylic oxidation sites excluding steroid dienone is 1. The second-order valence-corrected chi connectivity index (χ2v) is 8.16. The monoisotopic (exact) mass is 308 g/mol. The molecule has 2 heteroatoms. The van der Waals surface area contributed by atoms with E-state index in [1.54, 1.807) is 0 Å².